The van der Waals surface area contributed by atoms with E-state index in [0.717, 1.165) is 12.5 Å². The van der Waals surface area contributed by atoms with E-state index in [-0.39, 0.29) is 0 Å². The SMILES string of the molecule is Cc1ccc(C)c(CNC2C3(C)CCC(C3)C2(C)C)c1. The molecule has 0 saturated heterocycles. The summed E-state index contributed by atoms with van der Waals surface area (Å²) in [5, 5.41) is 3.93. The molecule has 3 unspecified atom stereocenters. The third kappa shape index (κ3) is 2.11. The smallest absolute Gasteiger partial charge is 0.0211 e. The molecule has 0 spiro atoms. The van der Waals surface area contributed by atoms with Crippen LogP contribution in [0.1, 0.15) is 56.7 Å². The van der Waals surface area contributed by atoms with Gasteiger partial charge in [0.25, 0.3) is 0 Å². The van der Waals surface area contributed by atoms with Crippen molar-refractivity contribution in [2.75, 3.05) is 0 Å². The molecule has 2 aliphatic carbocycles. The van der Waals surface area contributed by atoms with E-state index in [0.29, 0.717) is 16.9 Å². The maximum absolute atomic E-state index is 3.93. The maximum atomic E-state index is 3.93. The molecule has 3 rings (SSSR count). The standard InChI is InChI=1S/C19H29N/c1-13-6-7-14(2)15(10-13)12-20-17-18(3,4)16-8-9-19(17,5)11-16/h6-7,10,16-17,20H,8-9,11-12H2,1-5H3. The average molecular weight is 271 g/mol. The minimum Gasteiger partial charge on any atom is -0.309 e. The van der Waals surface area contributed by atoms with Crippen molar-refractivity contribution in [2.24, 2.45) is 16.7 Å². The summed E-state index contributed by atoms with van der Waals surface area (Å²) in [7, 11) is 0. The van der Waals surface area contributed by atoms with Gasteiger partial charge in [0, 0.05) is 12.6 Å². The lowest BCUT2D eigenvalue weighted by Crippen LogP contribution is -2.50. The van der Waals surface area contributed by atoms with Crippen molar-refractivity contribution in [1.82, 2.24) is 5.32 Å². The number of fused-ring (bicyclic) bond motifs is 2. The highest BCUT2D eigenvalue weighted by Gasteiger charge is 2.58. The van der Waals surface area contributed by atoms with E-state index in [2.05, 4.69) is 58.1 Å². The Bertz CT molecular complexity index is 512. The van der Waals surface area contributed by atoms with Crippen LogP contribution in [-0.4, -0.2) is 6.04 Å². The summed E-state index contributed by atoms with van der Waals surface area (Å²) in [6.45, 7) is 12.9. The predicted molar refractivity (Wildman–Crippen MR) is 85.8 cm³/mol. The van der Waals surface area contributed by atoms with Crippen molar-refractivity contribution >= 4 is 0 Å². The molecule has 110 valence electrons. The highest BCUT2D eigenvalue weighted by molar-refractivity contribution is 5.30. The van der Waals surface area contributed by atoms with Gasteiger partial charge in [0.05, 0.1) is 0 Å². The van der Waals surface area contributed by atoms with E-state index in [1.165, 1.54) is 36.0 Å². The molecule has 0 radical (unpaired) electrons. The highest BCUT2D eigenvalue weighted by atomic mass is 15.0. The first-order chi connectivity index (χ1) is 9.33. The van der Waals surface area contributed by atoms with Gasteiger partial charge in [-0.05, 0) is 61.0 Å². The van der Waals surface area contributed by atoms with E-state index >= 15 is 0 Å². The van der Waals surface area contributed by atoms with E-state index in [9.17, 15) is 0 Å². The first kappa shape index (κ1) is 14.1. The van der Waals surface area contributed by atoms with Gasteiger partial charge in [0.15, 0.2) is 0 Å². The van der Waals surface area contributed by atoms with Crippen LogP contribution in [0.15, 0.2) is 18.2 Å². The number of nitrogens with one attached hydrogen (secondary N) is 1. The second kappa shape index (κ2) is 4.59. The second-order valence-electron chi connectivity index (χ2n) is 8.16. The zero-order chi connectivity index (χ0) is 14.5. The second-order valence-corrected chi connectivity index (χ2v) is 8.16. The molecule has 1 heteroatoms. The summed E-state index contributed by atoms with van der Waals surface area (Å²) >= 11 is 0. The third-order valence-corrected chi connectivity index (χ3v) is 6.27. The molecule has 20 heavy (non-hydrogen) atoms. The zero-order valence-corrected chi connectivity index (χ0v) is 13.7. The summed E-state index contributed by atoms with van der Waals surface area (Å²) in [6.07, 6.45) is 4.27. The van der Waals surface area contributed by atoms with Gasteiger partial charge in [-0.2, -0.15) is 0 Å². The molecule has 1 nitrogen and oxygen atoms in total. The van der Waals surface area contributed by atoms with Crippen LogP contribution in [0.4, 0.5) is 0 Å². The van der Waals surface area contributed by atoms with Crippen LogP contribution in [0.5, 0.6) is 0 Å². The lowest BCUT2D eigenvalue weighted by atomic mass is 9.68. The molecule has 1 aromatic rings. The highest BCUT2D eigenvalue weighted by Crippen LogP contribution is 2.62. The minimum absolute atomic E-state index is 0.449. The molecule has 1 aromatic carbocycles. The summed E-state index contributed by atoms with van der Waals surface area (Å²) in [5.74, 6) is 0.920. The first-order valence-corrected chi connectivity index (χ1v) is 8.12. The van der Waals surface area contributed by atoms with Crippen LogP contribution in [-0.2, 0) is 6.54 Å². The van der Waals surface area contributed by atoms with Crippen molar-refractivity contribution in [3.63, 3.8) is 0 Å². The normalized spacial score (nSPS) is 34.6. The molecule has 0 amide bonds. The summed E-state index contributed by atoms with van der Waals surface area (Å²) in [4.78, 5) is 0. The Kier molecular flexibility index (Phi) is 3.25. The van der Waals surface area contributed by atoms with Gasteiger partial charge in [-0.25, -0.2) is 0 Å². The molecule has 1 N–H and O–H groups in total. The quantitative estimate of drug-likeness (QED) is 0.846. The van der Waals surface area contributed by atoms with Gasteiger partial charge >= 0.3 is 0 Å². The molecule has 2 fully saturated rings. The molecular formula is C19H29N. The van der Waals surface area contributed by atoms with Gasteiger partial charge in [-0.1, -0.05) is 44.5 Å². The number of rotatable bonds is 3. The van der Waals surface area contributed by atoms with Gasteiger partial charge < -0.3 is 5.32 Å². The zero-order valence-electron chi connectivity index (χ0n) is 13.7. The van der Waals surface area contributed by atoms with Crippen molar-refractivity contribution < 1.29 is 0 Å². The number of hydrogen-bond acceptors (Lipinski definition) is 1. The molecular weight excluding hydrogens is 242 g/mol. The molecule has 2 aliphatic rings. The summed E-state index contributed by atoms with van der Waals surface area (Å²) in [5.41, 5.74) is 5.21. The Balaban J connectivity index is 1.77. The van der Waals surface area contributed by atoms with Gasteiger partial charge in [-0.3, -0.25) is 0 Å². The van der Waals surface area contributed by atoms with Crippen LogP contribution < -0.4 is 5.32 Å². The molecule has 3 atom stereocenters. The van der Waals surface area contributed by atoms with Crippen LogP contribution in [0.3, 0.4) is 0 Å². The van der Waals surface area contributed by atoms with Crippen molar-refractivity contribution in [3.8, 4) is 0 Å². The van der Waals surface area contributed by atoms with Crippen LogP contribution >= 0.6 is 0 Å². The number of benzene rings is 1. The van der Waals surface area contributed by atoms with E-state index in [1.54, 1.807) is 0 Å². The fourth-order valence-corrected chi connectivity index (χ4v) is 5.01. The third-order valence-electron chi connectivity index (χ3n) is 6.27. The number of aryl methyl sites for hydroxylation is 2. The first-order valence-electron chi connectivity index (χ1n) is 8.12. The Hall–Kier alpha value is -0.820. The van der Waals surface area contributed by atoms with Crippen molar-refractivity contribution in [2.45, 2.75) is 66.5 Å². The Labute approximate surface area is 124 Å². The predicted octanol–water partition coefficient (Wildman–Crippen LogP) is 4.61. The van der Waals surface area contributed by atoms with Crippen LogP contribution in [0, 0.1) is 30.6 Å². The van der Waals surface area contributed by atoms with Crippen LogP contribution in [0.2, 0.25) is 0 Å². The Morgan fingerprint density at radius 2 is 1.95 bits per heavy atom. The van der Waals surface area contributed by atoms with Gasteiger partial charge in [-0.15, -0.1) is 0 Å². The summed E-state index contributed by atoms with van der Waals surface area (Å²) < 4.78 is 0. The lowest BCUT2D eigenvalue weighted by Gasteiger charge is -2.43. The molecule has 0 heterocycles. The fraction of sp³-hybridized carbons (Fsp3) is 0.684. The summed E-state index contributed by atoms with van der Waals surface area (Å²) in [6, 6.07) is 7.46. The molecule has 0 aromatic heterocycles. The van der Waals surface area contributed by atoms with Crippen molar-refractivity contribution in [3.05, 3.63) is 34.9 Å². The molecule has 0 aliphatic heterocycles. The van der Waals surface area contributed by atoms with E-state index in [4.69, 9.17) is 0 Å². The molecule has 2 saturated carbocycles. The topological polar surface area (TPSA) is 12.0 Å². The van der Waals surface area contributed by atoms with Crippen LogP contribution in [0.25, 0.3) is 0 Å². The minimum atomic E-state index is 0.449. The van der Waals surface area contributed by atoms with E-state index < -0.39 is 0 Å². The maximum Gasteiger partial charge on any atom is 0.0211 e. The van der Waals surface area contributed by atoms with Gasteiger partial charge in [0.1, 0.15) is 0 Å². The lowest BCUT2D eigenvalue weighted by molar-refractivity contribution is 0.108. The number of hydrogen-bond donors (Lipinski definition) is 1. The Morgan fingerprint density at radius 3 is 2.60 bits per heavy atom. The Morgan fingerprint density at radius 1 is 1.20 bits per heavy atom. The largest absolute Gasteiger partial charge is 0.309 e. The monoisotopic (exact) mass is 271 g/mol. The fourth-order valence-electron chi connectivity index (χ4n) is 5.01. The van der Waals surface area contributed by atoms with E-state index in [1.807, 2.05) is 0 Å². The van der Waals surface area contributed by atoms with Gasteiger partial charge in [0.2, 0.25) is 0 Å². The van der Waals surface area contributed by atoms with Crippen molar-refractivity contribution in [1.29, 1.82) is 0 Å². The average Bonchev–Trinajstić information content (AvgIpc) is 2.84. The molecule has 2 bridgehead atoms.